The van der Waals surface area contributed by atoms with Gasteiger partial charge in [-0.2, -0.15) is 0 Å². The zero-order valence-electron chi connectivity index (χ0n) is 9.89. The standard InChI is InChI=1S/C14H16O2S/c1-11-7-9-12(10-8-11)17(16)14-6-4-2-3-5-13(14)15/h2,4,7-10,14H,3,5-6H2,1H3/t14-,17?/m1/s1. The van der Waals surface area contributed by atoms with E-state index < -0.39 is 10.8 Å². The Labute approximate surface area is 104 Å². The van der Waals surface area contributed by atoms with Crippen LogP contribution in [-0.2, 0) is 15.6 Å². The zero-order chi connectivity index (χ0) is 12.3. The van der Waals surface area contributed by atoms with Gasteiger partial charge >= 0.3 is 0 Å². The molecule has 1 aromatic rings. The Morgan fingerprint density at radius 1 is 1.18 bits per heavy atom. The fourth-order valence-electron chi connectivity index (χ4n) is 1.90. The molecule has 1 aliphatic rings. The molecule has 2 atom stereocenters. The lowest BCUT2D eigenvalue weighted by Gasteiger charge is -2.12. The Morgan fingerprint density at radius 3 is 2.59 bits per heavy atom. The summed E-state index contributed by atoms with van der Waals surface area (Å²) in [6.45, 7) is 1.99. The second-order valence-electron chi connectivity index (χ2n) is 4.31. The van der Waals surface area contributed by atoms with Gasteiger partial charge in [0.1, 0.15) is 11.0 Å². The molecule has 0 aliphatic heterocycles. The molecule has 1 unspecified atom stereocenters. The average Bonchev–Trinajstić information content (AvgIpc) is 2.54. The largest absolute Gasteiger partial charge is 0.298 e. The predicted molar refractivity (Wildman–Crippen MR) is 69.4 cm³/mol. The van der Waals surface area contributed by atoms with Crippen molar-refractivity contribution < 1.29 is 9.00 Å². The molecule has 3 heteroatoms. The van der Waals surface area contributed by atoms with Crippen molar-refractivity contribution in [3.05, 3.63) is 42.0 Å². The number of carbonyl (C=O) groups excluding carboxylic acids is 1. The van der Waals surface area contributed by atoms with Crippen molar-refractivity contribution in [2.75, 3.05) is 0 Å². The maximum atomic E-state index is 12.3. The third-order valence-electron chi connectivity index (χ3n) is 2.95. The number of aryl methyl sites for hydroxylation is 1. The highest BCUT2D eigenvalue weighted by molar-refractivity contribution is 7.86. The Kier molecular flexibility index (Phi) is 3.89. The highest BCUT2D eigenvalue weighted by Crippen LogP contribution is 2.19. The lowest BCUT2D eigenvalue weighted by Crippen LogP contribution is -2.24. The first-order valence-electron chi connectivity index (χ1n) is 5.83. The summed E-state index contributed by atoms with van der Waals surface area (Å²) in [6, 6.07) is 7.58. The molecule has 2 nitrogen and oxygen atoms in total. The summed E-state index contributed by atoms with van der Waals surface area (Å²) < 4.78 is 12.3. The van der Waals surface area contributed by atoms with Crippen molar-refractivity contribution in [1.29, 1.82) is 0 Å². The van der Waals surface area contributed by atoms with Crippen LogP contribution in [0.2, 0.25) is 0 Å². The molecule has 0 fully saturated rings. The Balaban J connectivity index is 2.21. The first-order valence-corrected chi connectivity index (χ1v) is 7.05. The van der Waals surface area contributed by atoms with Gasteiger partial charge < -0.3 is 0 Å². The van der Waals surface area contributed by atoms with E-state index in [1.165, 1.54) is 0 Å². The minimum atomic E-state index is -1.22. The van der Waals surface area contributed by atoms with Gasteiger partial charge in [0.15, 0.2) is 0 Å². The van der Waals surface area contributed by atoms with E-state index in [4.69, 9.17) is 0 Å². The Hall–Kier alpha value is -1.22. The second kappa shape index (κ2) is 5.41. The summed E-state index contributed by atoms with van der Waals surface area (Å²) in [7, 11) is -1.22. The Bertz CT molecular complexity index is 460. The maximum absolute atomic E-state index is 12.3. The molecule has 0 radical (unpaired) electrons. The van der Waals surface area contributed by atoms with Crippen LogP contribution in [0.15, 0.2) is 41.3 Å². The van der Waals surface area contributed by atoms with Gasteiger partial charge in [-0.1, -0.05) is 29.8 Å². The van der Waals surface area contributed by atoms with E-state index in [2.05, 4.69) is 0 Å². The van der Waals surface area contributed by atoms with Crippen LogP contribution in [0.1, 0.15) is 24.8 Å². The SMILES string of the molecule is Cc1ccc(S(=O)[C@@H]2CC=CCCC2=O)cc1. The van der Waals surface area contributed by atoms with Crippen LogP contribution < -0.4 is 0 Å². The van der Waals surface area contributed by atoms with E-state index in [1.807, 2.05) is 43.3 Å². The van der Waals surface area contributed by atoms with Crippen molar-refractivity contribution in [2.45, 2.75) is 36.3 Å². The molecule has 0 amide bonds. The Morgan fingerprint density at radius 2 is 1.88 bits per heavy atom. The molecule has 2 rings (SSSR count). The van der Waals surface area contributed by atoms with Gasteiger partial charge in [0, 0.05) is 11.3 Å². The van der Waals surface area contributed by atoms with Crippen molar-refractivity contribution in [2.24, 2.45) is 0 Å². The molecule has 0 heterocycles. The lowest BCUT2D eigenvalue weighted by molar-refractivity contribution is -0.118. The van der Waals surface area contributed by atoms with Gasteiger partial charge in [0.25, 0.3) is 0 Å². The topological polar surface area (TPSA) is 34.1 Å². The van der Waals surface area contributed by atoms with E-state index in [0.717, 1.165) is 16.9 Å². The van der Waals surface area contributed by atoms with Crippen molar-refractivity contribution >= 4 is 16.6 Å². The molecule has 0 N–H and O–H groups in total. The first kappa shape index (κ1) is 12.2. The van der Waals surface area contributed by atoms with Gasteiger partial charge in [0.2, 0.25) is 0 Å². The van der Waals surface area contributed by atoms with Crippen LogP contribution in [0.3, 0.4) is 0 Å². The fourth-order valence-corrected chi connectivity index (χ4v) is 3.27. The minimum absolute atomic E-state index is 0.119. The van der Waals surface area contributed by atoms with E-state index in [1.54, 1.807) is 0 Å². The molecule has 1 aliphatic carbocycles. The second-order valence-corrected chi connectivity index (χ2v) is 5.95. The van der Waals surface area contributed by atoms with Crippen LogP contribution in [-0.4, -0.2) is 15.2 Å². The number of rotatable bonds is 2. The zero-order valence-corrected chi connectivity index (χ0v) is 10.7. The van der Waals surface area contributed by atoms with E-state index in [9.17, 15) is 9.00 Å². The number of Topliss-reactive ketones (excluding diaryl/α,β-unsaturated/α-hetero) is 1. The quantitative estimate of drug-likeness (QED) is 0.754. The van der Waals surface area contributed by atoms with Gasteiger partial charge in [-0.15, -0.1) is 0 Å². The van der Waals surface area contributed by atoms with Crippen molar-refractivity contribution in [3.8, 4) is 0 Å². The summed E-state index contributed by atoms with van der Waals surface area (Å²) in [5.41, 5.74) is 1.14. The van der Waals surface area contributed by atoms with Gasteiger partial charge in [0.05, 0.1) is 10.8 Å². The third kappa shape index (κ3) is 2.91. The molecule has 0 saturated heterocycles. The summed E-state index contributed by atoms with van der Waals surface area (Å²) >= 11 is 0. The van der Waals surface area contributed by atoms with Crippen LogP contribution in [0.5, 0.6) is 0 Å². The van der Waals surface area contributed by atoms with Crippen molar-refractivity contribution in [3.63, 3.8) is 0 Å². The summed E-state index contributed by atoms with van der Waals surface area (Å²) in [5.74, 6) is 0.119. The normalized spacial score (nSPS) is 22.2. The molecule has 0 spiro atoms. The highest BCUT2D eigenvalue weighted by atomic mass is 32.2. The molecular formula is C14H16O2S. The smallest absolute Gasteiger partial charge is 0.149 e. The number of allylic oxidation sites excluding steroid dienone is 2. The molecule has 0 aromatic heterocycles. The third-order valence-corrected chi connectivity index (χ3v) is 4.65. The number of ketones is 1. The van der Waals surface area contributed by atoms with Gasteiger partial charge in [-0.05, 0) is 31.9 Å². The van der Waals surface area contributed by atoms with E-state index in [-0.39, 0.29) is 11.0 Å². The van der Waals surface area contributed by atoms with Crippen LogP contribution in [0, 0.1) is 6.92 Å². The molecule has 0 bridgehead atoms. The van der Waals surface area contributed by atoms with Crippen molar-refractivity contribution in [1.82, 2.24) is 0 Å². The van der Waals surface area contributed by atoms with Crippen LogP contribution in [0.4, 0.5) is 0 Å². The average molecular weight is 248 g/mol. The van der Waals surface area contributed by atoms with Crippen LogP contribution in [0.25, 0.3) is 0 Å². The lowest BCUT2D eigenvalue weighted by atomic mass is 10.2. The molecule has 1 aromatic carbocycles. The first-order chi connectivity index (χ1) is 8.18. The maximum Gasteiger partial charge on any atom is 0.149 e. The minimum Gasteiger partial charge on any atom is -0.298 e. The molecule has 90 valence electrons. The monoisotopic (exact) mass is 248 g/mol. The van der Waals surface area contributed by atoms with E-state index in [0.29, 0.717) is 12.8 Å². The fraction of sp³-hybridized carbons (Fsp3) is 0.357. The van der Waals surface area contributed by atoms with Gasteiger partial charge in [-0.25, -0.2) is 0 Å². The van der Waals surface area contributed by atoms with Crippen LogP contribution >= 0.6 is 0 Å². The molecule has 17 heavy (non-hydrogen) atoms. The summed E-state index contributed by atoms with van der Waals surface area (Å²) in [6.07, 6.45) is 5.87. The molecule has 0 saturated carbocycles. The van der Waals surface area contributed by atoms with E-state index >= 15 is 0 Å². The number of hydrogen-bond donors (Lipinski definition) is 0. The highest BCUT2D eigenvalue weighted by Gasteiger charge is 2.25. The summed E-state index contributed by atoms with van der Waals surface area (Å²) in [4.78, 5) is 12.6. The number of benzene rings is 1. The number of carbonyl (C=O) groups is 1. The molecular weight excluding hydrogens is 232 g/mol. The van der Waals surface area contributed by atoms with Gasteiger partial charge in [-0.3, -0.25) is 9.00 Å². The number of hydrogen-bond acceptors (Lipinski definition) is 2. The predicted octanol–water partition coefficient (Wildman–Crippen LogP) is 2.78. The summed E-state index contributed by atoms with van der Waals surface area (Å²) in [5, 5.41) is -0.364.